The summed E-state index contributed by atoms with van der Waals surface area (Å²) in [5.74, 6) is -0.438. The molecule has 1 fully saturated rings. The second-order valence-corrected chi connectivity index (χ2v) is 10.9. The van der Waals surface area contributed by atoms with E-state index in [4.69, 9.17) is 4.74 Å². The van der Waals surface area contributed by atoms with E-state index in [1.165, 1.54) is 12.7 Å². The smallest absolute Gasteiger partial charge is 0.337 e. The van der Waals surface area contributed by atoms with E-state index in [-0.39, 0.29) is 18.3 Å². The summed E-state index contributed by atoms with van der Waals surface area (Å²) in [4.78, 5) is 16.3. The molecule has 8 heteroatoms. The van der Waals surface area contributed by atoms with Gasteiger partial charge in [-0.05, 0) is 28.8 Å². The Balaban J connectivity index is 1.39. The van der Waals surface area contributed by atoms with Crippen LogP contribution < -0.4 is 4.72 Å². The van der Waals surface area contributed by atoms with Gasteiger partial charge < -0.3 is 4.74 Å². The Morgan fingerprint density at radius 3 is 2.08 bits per heavy atom. The van der Waals surface area contributed by atoms with Gasteiger partial charge in [0.05, 0.1) is 24.5 Å². The lowest BCUT2D eigenvalue weighted by Gasteiger charge is -2.39. The third-order valence-corrected chi connectivity index (χ3v) is 7.87. The van der Waals surface area contributed by atoms with Gasteiger partial charge in [-0.25, -0.2) is 17.9 Å². The Morgan fingerprint density at radius 1 is 0.861 bits per heavy atom. The van der Waals surface area contributed by atoms with E-state index in [9.17, 15) is 13.2 Å². The molecule has 0 aliphatic carbocycles. The molecule has 0 bridgehead atoms. The molecule has 1 aliphatic heterocycles. The first kappa shape index (κ1) is 26.0. The van der Waals surface area contributed by atoms with Gasteiger partial charge in [-0.1, -0.05) is 72.8 Å². The van der Waals surface area contributed by atoms with Crippen molar-refractivity contribution < 1.29 is 17.9 Å². The lowest BCUT2D eigenvalue weighted by Crippen LogP contribution is -2.49. The number of piperazine rings is 1. The molecular formula is C28H33N3O4S. The van der Waals surface area contributed by atoms with E-state index in [0.29, 0.717) is 5.56 Å². The van der Waals surface area contributed by atoms with E-state index in [1.54, 1.807) is 24.3 Å². The molecule has 4 rings (SSSR count). The highest BCUT2D eigenvalue weighted by Gasteiger charge is 2.29. The normalized spacial score (nSPS) is 15.9. The number of nitrogens with one attached hydrogen (secondary N) is 1. The van der Waals surface area contributed by atoms with Gasteiger partial charge in [0.15, 0.2) is 0 Å². The van der Waals surface area contributed by atoms with E-state index in [1.807, 2.05) is 36.4 Å². The summed E-state index contributed by atoms with van der Waals surface area (Å²) in [6.45, 7) is 4.44. The maximum atomic E-state index is 13.1. The van der Waals surface area contributed by atoms with Crippen LogP contribution in [0.15, 0.2) is 84.9 Å². The highest BCUT2D eigenvalue weighted by molar-refractivity contribution is 7.89. The van der Waals surface area contributed by atoms with Crippen molar-refractivity contribution >= 4 is 16.0 Å². The Hall–Kier alpha value is -3.04. The van der Waals surface area contributed by atoms with Crippen molar-refractivity contribution in [1.82, 2.24) is 14.5 Å². The molecule has 7 nitrogen and oxygen atoms in total. The van der Waals surface area contributed by atoms with Crippen molar-refractivity contribution in [2.75, 3.05) is 39.0 Å². The molecule has 0 saturated carbocycles. The topological polar surface area (TPSA) is 78.9 Å². The number of carbonyl (C=O) groups excluding carboxylic acids is 1. The summed E-state index contributed by atoms with van der Waals surface area (Å²) >= 11 is 0. The van der Waals surface area contributed by atoms with Crippen molar-refractivity contribution in [2.45, 2.75) is 19.1 Å². The lowest BCUT2D eigenvalue weighted by molar-refractivity contribution is 0.0600. The first-order chi connectivity index (χ1) is 17.4. The number of benzene rings is 3. The van der Waals surface area contributed by atoms with Crippen LogP contribution in [-0.2, 0) is 27.8 Å². The van der Waals surface area contributed by atoms with E-state index >= 15 is 0 Å². The molecule has 0 spiro atoms. The molecule has 190 valence electrons. The molecule has 1 aliphatic rings. The number of hydrogen-bond acceptors (Lipinski definition) is 6. The molecule has 3 aromatic rings. The van der Waals surface area contributed by atoms with Crippen molar-refractivity contribution in [2.24, 2.45) is 0 Å². The maximum absolute atomic E-state index is 13.1. The third kappa shape index (κ3) is 7.24. The first-order valence-corrected chi connectivity index (χ1v) is 13.8. The molecule has 1 N–H and O–H groups in total. The number of carbonyl (C=O) groups is 1. The summed E-state index contributed by atoms with van der Waals surface area (Å²) in [6, 6.07) is 26.8. The maximum Gasteiger partial charge on any atom is 0.337 e. The molecule has 1 heterocycles. The molecule has 3 aromatic carbocycles. The fourth-order valence-corrected chi connectivity index (χ4v) is 5.82. The zero-order valence-electron chi connectivity index (χ0n) is 20.5. The Bertz CT molecular complexity index is 1210. The minimum Gasteiger partial charge on any atom is -0.465 e. The van der Waals surface area contributed by atoms with Crippen LogP contribution in [0.25, 0.3) is 0 Å². The largest absolute Gasteiger partial charge is 0.465 e. The quantitative estimate of drug-likeness (QED) is 0.424. The van der Waals surface area contributed by atoms with Gasteiger partial charge in [-0.15, -0.1) is 0 Å². The van der Waals surface area contributed by atoms with Crippen molar-refractivity contribution in [3.63, 3.8) is 0 Å². The number of sulfonamides is 1. The first-order valence-electron chi connectivity index (χ1n) is 12.1. The summed E-state index contributed by atoms with van der Waals surface area (Å²) in [5.41, 5.74) is 3.50. The van der Waals surface area contributed by atoms with Crippen LogP contribution in [0, 0.1) is 0 Å². The van der Waals surface area contributed by atoms with Crippen LogP contribution in [0.4, 0.5) is 0 Å². The monoisotopic (exact) mass is 507 g/mol. The second kappa shape index (κ2) is 12.3. The van der Waals surface area contributed by atoms with Crippen LogP contribution >= 0.6 is 0 Å². The molecule has 1 saturated heterocycles. The zero-order chi connectivity index (χ0) is 25.4. The van der Waals surface area contributed by atoms with Gasteiger partial charge in [-0.2, -0.15) is 0 Å². The molecule has 36 heavy (non-hydrogen) atoms. The van der Waals surface area contributed by atoms with Crippen LogP contribution in [0.2, 0.25) is 0 Å². The molecule has 0 radical (unpaired) electrons. The van der Waals surface area contributed by atoms with Crippen molar-refractivity contribution in [1.29, 1.82) is 0 Å². The van der Waals surface area contributed by atoms with Gasteiger partial charge in [0.2, 0.25) is 10.0 Å². The Labute approximate surface area is 213 Å². The molecular weight excluding hydrogens is 474 g/mol. The molecule has 1 atom stereocenters. The van der Waals surface area contributed by atoms with Gasteiger partial charge in [0, 0.05) is 39.3 Å². The van der Waals surface area contributed by atoms with Crippen molar-refractivity contribution in [3.05, 3.63) is 107 Å². The fraction of sp³-hybridized carbons (Fsp3) is 0.321. The second-order valence-electron chi connectivity index (χ2n) is 9.02. The number of methoxy groups -OCH3 is 1. The molecule has 0 amide bonds. The standard InChI is InChI=1S/C28H33N3O4S/c1-35-28(32)26-14-12-23(13-15-26)20-29-36(33,34)22-27(25-10-6-3-7-11-25)31-18-16-30(17-19-31)21-24-8-4-2-5-9-24/h2-15,27,29H,16-22H2,1H3. The van der Waals surface area contributed by atoms with Gasteiger partial charge in [0.1, 0.15) is 0 Å². The summed E-state index contributed by atoms with van der Waals surface area (Å²) < 4.78 is 33.7. The van der Waals surface area contributed by atoms with E-state index < -0.39 is 16.0 Å². The van der Waals surface area contributed by atoms with E-state index in [0.717, 1.165) is 43.9 Å². The Morgan fingerprint density at radius 2 is 1.47 bits per heavy atom. The van der Waals surface area contributed by atoms with Crippen LogP contribution in [0.5, 0.6) is 0 Å². The predicted octanol–water partition coefficient (Wildman–Crippen LogP) is 3.45. The highest BCUT2D eigenvalue weighted by Crippen LogP contribution is 2.24. The van der Waals surface area contributed by atoms with Crippen LogP contribution in [0.3, 0.4) is 0 Å². The lowest BCUT2D eigenvalue weighted by atomic mass is 10.1. The Kier molecular flexibility index (Phi) is 8.88. The SMILES string of the molecule is COC(=O)c1ccc(CNS(=O)(=O)CC(c2ccccc2)N2CCN(Cc3ccccc3)CC2)cc1. The average Bonchev–Trinajstić information content (AvgIpc) is 2.92. The minimum absolute atomic E-state index is 0.0179. The summed E-state index contributed by atoms with van der Waals surface area (Å²) in [6.07, 6.45) is 0. The van der Waals surface area contributed by atoms with Gasteiger partial charge in [0.25, 0.3) is 0 Å². The number of hydrogen-bond donors (Lipinski definition) is 1. The average molecular weight is 508 g/mol. The van der Waals surface area contributed by atoms with Gasteiger partial charge in [-0.3, -0.25) is 9.80 Å². The number of nitrogens with zero attached hydrogens (tertiary/aromatic N) is 2. The fourth-order valence-electron chi connectivity index (χ4n) is 4.50. The number of rotatable bonds is 10. The van der Waals surface area contributed by atoms with E-state index in [2.05, 4.69) is 38.8 Å². The zero-order valence-corrected chi connectivity index (χ0v) is 21.4. The number of esters is 1. The van der Waals surface area contributed by atoms with Crippen LogP contribution in [-0.4, -0.2) is 63.2 Å². The predicted molar refractivity (Wildman–Crippen MR) is 141 cm³/mol. The minimum atomic E-state index is -3.57. The van der Waals surface area contributed by atoms with Crippen LogP contribution in [0.1, 0.15) is 33.1 Å². The summed E-state index contributed by atoms with van der Waals surface area (Å²) in [7, 11) is -2.24. The van der Waals surface area contributed by atoms with Crippen molar-refractivity contribution in [3.8, 4) is 0 Å². The molecule has 1 unspecified atom stereocenters. The van der Waals surface area contributed by atoms with Gasteiger partial charge >= 0.3 is 5.97 Å². The number of ether oxygens (including phenoxy) is 1. The highest BCUT2D eigenvalue weighted by atomic mass is 32.2. The molecule has 0 aromatic heterocycles. The summed E-state index contributed by atoms with van der Waals surface area (Å²) in [5, 5.41) is 0. The third-order valence-electron chi connectivity index (χ3n) is 6.53.